The molecule has 0 radical (unpaired) electrons. The van der Waals surface area contributed by atoms with Crippen LogP contribution >= 0.6 is 0 Å². The van der Waals surface area contributed by atoms with Crippen molar-refractivity contribution in [3.05, 3.63) is 12.2 Å². The number of esters is 1. The molecule has 1 saturated heterocycles. The van der Waals surface area contributed by atoms with Crippen LogP contribution in [-0.4, -0.2) is 37.9 Å². The average molecular weight is 376 g/mol. The largest absolute Gasteiger partial charge is 0.425 e. The normalized spacial score (nSPS) is 27.4. The van der Waals surface area contributed by atoms with E-state index in [0.717, 1.165) is 38.5 Å². The summed E-state index contributed by atoms with van der Waals surface area (Å²) in [6.07, 6.45) is 9.11. The van der Waals surface area contributed by atoms with Gasteiger partial charge in [-0.05, 0) is 38.3 Å². The Bertz CT molecular complexity index is 618. The smallest absolute Gasteiger partial charge is 0.338 e. The number of ether oxygens (including phenoxy) is 4. The van der Waals surface area contributed by atoms with Crippen molar-refractivity contribution in [3.8, 4) is 23.7 Å². The van der Waals surface area contributed by atoms with Crippen LogP contribution in [0.25, 0.3) is 0 Å². The van der Waals surface area contributed by atoms with E-state index in [4.69, 9.17) is 18.9 Å². The van der Waals surface area contributed by atoms with Gasteiger partial charge in [-0.1, -0.05) is 43.4 Å². The molecule has 0 aromatic carbocycles. The van der Waals surface area contributed by atoms with Gasteiger partial charge >= 0.3 is 5.97 Å². The van der Waals surface area contributed by atoms with Crippen LogP contribution in [0.3, 0.4) is 0 Å². The van der Waals surface area contributed by atoms with E-state index < -0.39 is 23.6 Å². The Hall–Kier alpha value is -1.79. The number of methoxy groups -OCH3 is 2. The van der Waals surface area contributed by atoms with Crippen molar-refractivity contribution in [3.63, 3.8) is 0 Å². The fraction of sp³-hybridized carbons (Fsp3) is 0.682. The Morgan fingerprint density at radius 2 is 1.63 bits per heavy atom. The fourth-order valence-corrected chi connectivity index (χ4v) is 2.60. The summed E-state index contributed by atoms with van der Waals surface area (Å²) in [6.45, 7) is 5.45. The van der Waals surface area contributed by atoms with Crippen molar-refractivity contribution in [2.24, 2.45) is 0 Å². The molecular formula is C22H32O5. The summed E-state index contributed by atoms with van der Waals surface area (Å²) in [5.74, 6) is 9.25. The quantitative estimate of drug-likeness (QED) is 0.364. The Balaban J connectivity index is 2.31. The fourth-order valence-electron chi connectivity index (χ4n) is 2.60. The van der Waals surface area contributed by atoms with E-state index in [2.05, 4.69) is 30.6 Å². The molecule has 0 aromatic rings. The Morgan fingerprint density at radius 3 is 2.22 bits per heavy atom. The average Bonchev–Trinajstić information content (AvgIpc) is 2.66. The zero-order chi connectivity index (χ0) is 20.2. The first-order chi connectivity index (χ1) is 12.9. The van der Waals surface area contributed by atoms with Gasteiger partial charge in [0.1, 0.15) is 0 Å². The number of carbonyl (C=O) groups excluding carboxylic acids is 1. The maximum Gasteiger partial charge on any atom is 0.338 e. The molecule has 1 aliphatic rings. The van der Waals surface area contributed by atoms with Crippen LogP contribution in [0.2, 0.25) is 0 Å². The highest BCUT2D eigenvalue weighted by Gasteiger charge is 2.57. The van der Waals surface area contributed by atoms with Gasteiger partial charge in [0.2, 0.25) is 5.79 Å². The Morgan fingerprint density at radius 1 is 1.00 bits per heavy atom. The zero-order valence-corrected chi connectivity index (χ0v) is 17.2. The second-order valence-electron chi connectivity index (χ2n) is 6.65. The third-order valence-corrected chi connectivity index (χ3v) is 4.63. The number of hydrogen-bond acceptors (Lipinski definition) is 5. The van der Waals surface area contributed by atoms with Crippen LogP contribution < -0.4 is 0 Å². The molecule has 5 nitrogen and oxygen atoms in total. The molecule has 0 aromatic heterocycles. The minimum Gasteiger partial charge on any atom is -0.425 e. The topological polar surface area (TPSA) is 54.0 Å². The third-order valence-electron chi connectivity index (χ3n) is 4.63. The first-order valence-electron chi connectivity index (χ1n) is 9.55. The van der Waals surface area contributed by atoms with E-state index in [-0.39, 0.29) is 0 Å². The maximum atomic E-state index is 12.2. The SMILES string of the molecule is CCCC#C/C=C\C#CCCCCC[C@@H]1O[C@](C)(OC)[C@@](C)(OC)OC1=O. The standard InChI is InChI=1S/C22H32O5/c1-6-7-8-9-10-11-12-13-14-15-16-17-18-19-20(23)27-22(3,25-5)21(2,24-4)26-19/h10-11,19H,6-7,14-18H2,1-5H3/b11-10-/t19-,21-,22-/m0/s1. The molecule has 0 spiro atoms. The van der Waals surface area contributed by atoms with E-state index in [1.807, 2.05) is 0 Å². The highest BCUT2D eigenvalue weighted by Crippen LogP contribution is 2.38. The van der Waals surface area contributed by atoms with Crippen molar-refractivity contribution < 1.29 is 23.7 Å². The van der Waals surface area contributed by atoms with Gasteiger partial charge in [-0.15, -0.1) is 0 Å². The first kappa shape index (κ1) is 23.2. The molecule has 0 amide bonds. The summed E-state index contributed by atoms with van der Waals surface area (Å²) in [7, 11) is 2.97. The number of carbonyl (C=O) groups is 1. The minimum atomic E-state index is -1.26. The highest BCUT2D eigenvalue weighted by atomic mass is 16.8. The second-order valence-corrected chi connectivity index (χ2v) is 6.65. The zero-order valence-electron chi connectivity index (χ0n) is 17.2. The summed E-state index contributed by atoms with van der Waals surface area (Å²) >= 11 is 0. The maximum absolute atomic E-state index is 12.2. The van der Waals surface area contributed by atoms with Crippen LogP contribution in [-0.2, 0) is 23.7 Å². The van der Waals surface area contributed by atoms with Crippen molar-refractivity contribution in [1.29, 1.82) is 0 Å². The third kappa shape index (κ3) is 7.03. The lowest BCUT2D eigenvalue weighted by Crippen LogP contribution is -2.64. The molecule has 0 saturated carbocycles. The second kappa shape index (κ2) is 11.8. The van der Waals surface area contributed by atoms with Gasteiger partial charge in [0.25, 0.3) is 5.79 Å². The minimum absolute atomic E-state index is 0.414. The van der Waals surface area contributed by atoms with Crippen LogP contribution in [0.1, 0.15) is 65.7 Å². The first-order valence-corrected chi connectivity index (χ1v) is 9.55. The summed E-state index contributed by atoms with van der Waals surface area (Å²) < 4.78 is 22.0. The van der Waals surface area contributed by atoms with E-state index in [1.165, 1.54) is 14.2 Å². The molecule has 0 aliphatic carbocycles. The van der Waals surface area contributed by atoms with Crippen LogP contribution in [0.4, 0.5) is 0 Å². The molecule has 3 atom stereocenters. The summed E-state index contributed by atoms with van der Waals surface area (Å²) in [5, 5.41) is 0. The Labute approximate surface area is 163 Å². The van der Waals surface area contributed by atoms with E-state index in [9.17, 15) is 4.79 Å². The van der Waals surface area contributed by atoms with Gasteiger partial charge in [-0.3, -0.25) is 0 Å². The van der Waals surface area contributed by atoms with Gasteiger partial charge in [-0.2, -0.15) is 0 Å². The van der Waals surface area contributed by atoms with Crippen molar-refractivity contribution in [2.75, 3.05) is 14.2 Å². The number of hydrogen-bond donors (Lipinski definition) is 0. The molecule has 1 fully saturated rings. The summed E-state index contributed by atoms with van der Waals surface area (Å²) in [5.41, 5.74) is 0. The molecular weight excluding hydrogens is 344 g/mol. The number of rotatable bonds is 8. The summed E-state index contributed by atoms with van der Waals surface area (Å²) in [6, 6.07) is 0. The van der Waals surface area contributed by atoms with Gasteiger partial charge in [-0.25, -0.2) is 4.79 Å². The Kier molecular flexibility index (Phi) is 10.2. The lowest BCUT2D eigenvalue weighted by molar-refractivity contribution is -0.406. The predicted octanol–water partition coefficient (Wildman–Crippen LogP) is 3.97. The lowest BCUT2D eigenvalue weighted by atomic mass is 10.0. The number of allylic oxidation sites excluding steroid dienone is 2. The van der Waals surface area contributed by atoms with Gasteiger partial charge in [0.05, 0.1) is 0 Å². The van der Waals surface area contributed by atoms with E-state index in [0.29, 0.717) is 6.42 Å². The van der Waals surface area contributed by atoms with E-state index in [1.54, 1.807) is 26.0 Å². The molecule has 0 N–H and O–H groups in total. The van der Waals surface area contributed by atoms with Crippen LogP contribution in [0.15, 0.2) is 12.2 Å². The molecule has 0 unspecified atom stereocenters. The molecule has 1 rings (SSSR count). The van der Waals surface area contributed by atoms with Gasteiger partial charge in [0.15, 0.2) is 6.10 Å². The number of unbranched alkanes of at least 4 members (excludes halogenated alkanes) is 4. The van der Waals surface area contributed by atoms with Crippen LogP contribution in [0, 0.1) is 23.7 Å². The molecule has 1 heterocycles. The van der Waals surface area contributed by atoms with Crippen molar-refractivity contribution in [2.45, 2.75) is 83.4 Å². The summed E-state index contributed by atoms with van der Waals surface area (Å²) in [4.78, 5) is 12.2. The van der Waals surface area contributed by atoms with Gasteiger partial charge in [0, 0.05) is 34.0 Å². The molecule has 0 bridgehead atoms. The van der Waals surface area contributed by atoms with E-state index >= 15 is 0 Å². The predicted molar refractivity (Wildman–Crippen MR) is 104 cm³/mol. The molecule has 27 heavy (non-hydrogen) atoms. The molecule has 5 heteroatoms. The molecule has 1 aliphatic heterocycles. The molecule has 150 valence electrons. The van der Waals surface area contributed by atoms with Crippen molar-refractivity contribution in [1.82, 2.24) is 0 Å². The number of cyclic esters (lactones) is 1. The van der Waals surface area contributed by atoms with Gasteiger partial charge < -0.3 is 18.9 Å². The lowest BCUT2D eigenvalue weighted by Gasteiger charge is -2.47. The van der Waals surface area contributed by atoms with Crippen molar-refractivity contribution >= 4 is 5.97 Å². The monoisotopic (exact) mass is 376 g/mol. The highest BCUT2D eigenvalue weighted by molar-refractivity contribution is 5.75. The van der Waals surface area contributed by atoms with Crippen LogP contribution in [0.5, 0.6) is 0 Å².